The molecule has 0 unspecified atom stereocenters. The molecule has 0 saturated carbocycles. The molecule has 0 bridgehead atoms. The lowest BCUT2D eigenvalue weighted by molar-refractivity contribution is 0.212. The maximum absolute atomic E-state index is 9.04. The normalized spacial score (nSPS) is 11.9. The van der Waals surface area contributed by atoms with Gasteiger partial charge in [-0.25, -0.2) is 0 Å². The number of hydrogen-bond acceptors (Lipinski definition) is 1. The van der Waals surface area contributed by atoms with Crippen LogP contribution in [0.2, 0.25) is 0 Å². The van der Waals surface area contributed by atoms with E-state index < -0.39 is 0 Å². The molecule has 1 nitrogen and oxygen atoms in total. The molecule has 0 aromatic carbocycles. The van der Waals surface area contributed by atoms with Crippen LogP contribution in [0.4, 0.5) is 0 Å². The van der Waals surface area contributed by atoms with Crippen LogP contribution in [0.1, 0.15) is 26.7 Å². The molecule has 0 spiro atoms. The smallest absolute Gasteiger partial charge is 0.0794 e. The third-order valence-electron chi connectivity index (χ3n) is 1.04. The average molecular weight is 126 g/mol. The van der Waals surface area contributed by atoms with Gasteiger partial charge < -0.3 is 5.11 Å². The fraction of sp³-hybridized carbons (Fsp3) is 0.625. The summed E-state index contributed by atoms with van der Waals surface area (Å²) in [7, 11) is 0. The van der Waals surface area contributed by atoms with Crippen LogP contribution in [0.3, 0.4) is 0 Å². The van der Waals surface area contributed by atoms with E-state index in [2.05, 4.69) is 5.73 Å². The summed E-state index contributed by atoms with van der Waals surface area (Å²) in [4.78, 5) is 0. The lowest BCUT2D eigenvalue weighted by atomic mass is 10.2. The van der Waals surface area contributed by atoms with Crippen molar-refractivity contribution in [2.45, 2.75) is 32.8 Å². The van der Waals surface area contributed by atoms with Crippen molar-refractivity contribution in [2.75, 3.05) is 0 Å². The Morgan fingerprint density at radius 2 is 2.33 bits per heavy atom. The summed E-state index contributed by atoms with van der Waals surface area (Å²) in [6.07, 6.45) is 5.03. The summed E-state index contributed by atoms with van der Waals surface area (Å²) in [5, 5.41) is 9.04. The average Bonchev–Trinajstić information content (AvgIpc) is 1.85. The van der Waals surface area contributed by atoms with E-state index in [0.717, 1.165) is 12.8 Å². The van der Waals surface area contributed by atoms with E-state index >= 15 is 0 Å². The van der Waals surface area contributed by atoms with Crippen molar-refractivity contribution in [1.29, 1.82) is 0 Å². The van der Waals surface area contributed by atoms with Crippen LogP contribution in [-0.2, 0) is 0 Å². The Morgan fingerprint density at radius 3 is 2.78 bits per heavy atom. The summed E-state index contributed by atoms with van der Waals surface area (Å²) in [6, 6.07) is 0. The molecule has 1 heteroatoms. The Balaban J connectivity index is 3.49. The van der Waals surface area contributed by atoms with Gasteiger partial charge in [-0.3, -0.25) is 0 Å². The highest BCUT2D eigenvalue weighted by Gasteiger charge is 1.92. The molecule has 0 radical (unpaired) electrons. The van der Waals surface area contributed by atoms with Crippen LogP contribution in [0.15, 0.2) is 17.9 Å². The highest BCUT2D eigenvalue weighted by atomic mass is 16.3. The lowest BCUT2D eigenvalue weighted by Crippen LogP contribution is -1.98. The van der Waals surface area contributed by atoms with Crippen LogP contribution in [0.5, 0.6) is 0 Å². The van der Waals surface area contributed by atoms with Gasteiger partial charge in [-0.05, 0) is 25.5 Å². The van der Waals surface area contributed by atoms with Gasteiger partial charge in [-0.15, -0.1) is 5.73 Å². The molecule has 0 rings (SSSR count). The Morgan fingerprint density at radius 1 is 1.67 bits per heavy atom. The zero-order chi connectivity index (χ0) is 7.11. The number of hydrogen-bond donors (Lipinski definition) is 1. The number of aliphatic hydroxyl groups is 1. The van der Waals surface area contributed by atoms with Crippen molar-refractivity contribution >= 4 is 0 Å². The van der Waals surface area contributed by atoms with Crippen LogP contribution in [0.25, 0.3) is 0 Å². The summed E-state index contributed by atoms with van der Waals surface area (Å²) in [6.45, 7) is 3.93. The van der Waals surface area contributed by atoms with E-state index in [0.29, 0.717) is 0 Å². The maximum Gasteiger partial charge on any atom is 0.0794 e. The van der Waals surface area contributed by atoms with Crippen molar-refractivity contribution in [2.24, 2.45) is 0 Å². The van der Waals surface area contributed by atoms with E-state index in [-0.39, 0.29) is 6.10 Å². The third kappa shape index (κ3) is 5.35. The molecule has 0 aromatic heterocycles. The molecule has 52 valence electrons. The first-order valence-electron chi connectivity index (χ1n) is 3.36. The molecular weight excluding hydrogens is 112 g/mol. The zero-order valence-electron chi connectivity index (χ0n) is 6.09. The van der Waals surface area contributed by atoms with Gasteiger partial charge in [0, 0.05) is 0 Å². The quantitative estimate of drug-likeness (QED) is 0.572. The summed E-state index contributed by atoms with van der Waals surface area (Å²) in [5.74, 6) is 0. The SMILES string of the molecule is CC=C=C[C@H](O)CCC. The van der Waals surface area contributed by atoms with Crippen LogP contribution >= 0.6 is 0 Å². The molecule has 0 heterocycles. The van der Waals surface area contributed by atoms with Gasteiger partial charge in [-0.1, -0.05) is 13.3 Å². The second-order valence-electron chi connectivity index (χ2n) is 1.98. The second kappa shape index (κ2) is 5.61. The van der Waals surface area contributed by atoms with Gasteiger partial charge in [0.05, 0.1) is 6.10 Å². The van der Waals surface area contributed by atoms with Crippen LogP contribution < -0.4 is 0 Å². The van der Waals surface area contributed by atoms with Gasteiger partial charge in [0.25, 0.3) is 0 Å². The molecule has 0 aliphatic rings. The standard InChI is InChI=1S/C8H14O/c1-3-5-7-8(9)6-4-2/h3,7-9H,4,6H2,1-2H3/t5?,8-/m1/s1. The maximum atomic E-state index is 9.04. The first-order chi connectivity index (χ1) is 4.31. The van der Waals surface area contributed by atoms with Gasteiger partial charge in [-0.2, -0.15) is 0 Å². The number of rotatable bonds is 3. The minimum atomic E-state index is -0.300. The molecule has 9 heavy (non-hydrogen) atoms. The van der Waals surface area contributed by atoms with E-state index in [4.69, 9.17) is 5.11 Å². The van der Waals surface area contributed by atoms with Crippen LogP contribution in [-0.4, -0.2) is 11.2 Å². The number of aliphatic hydroxyl groups excluding tert-OH is 1. The Labute approximate surface area is 56.7 Å². The van der Waals surface area contributed by atoms with Crippen LogP contribution in [0, 0.1) is 0 Å². The summed E-state index contributed by atoms with van der Waals surface area (Å²) >= 11 is 0. The van der Waals surface area contributed by atoms with Crippen molar-refractivity contribution in [1.82, 2.24) is 0 Å². The molecule has 0 saturated heterocycles. The molecule has 0 aliphatic carbocycles. The van der Waals surface area contributed by atoms with E-state index in [9.17, 15) is 0 Å². The largest absolute Gasteiger partial charge is 0.388 e. The molecule has 0 aromatic rings. The fourth-order valence-corrected chi connectivity index (χ4v) is 0.586. The Kier molecular flexibility index (Phi) is 5.29. The third-order valence-corrected chi connectivity index (χ3v) is 1.04. The predicted molar refractivity (Wildman–Crippen MR) is 39.2 cm³/mol. The highest BCUT2D eigenvalue weighted by Crippen LogP contribution is 1.95. The van der Waals surface area contributed by atoms with Crippen molar-refractivity contribution in [3.63, 3.8) is 0 Å². The van der Waals surface area contributed by atoms with Gasteiger partial charge in [0.2, 0.25) is 0 Å². The predicted octanol–water partition coefficient (Wildman–Crippen LogP) is 1.88. The first-order valence-corrected chi connectivity index (χ1v) is 3.36. The Hall–Kier alpha value is -0.520. The van der Waals surface area contributed by atoms with E-state index in [1.807, 2.05) is 13.8 Å². The van der Waals surface area contributed by atoms with Gasteiger partial charge in [0.15, 0.2) is 0 Å². The minimum Gasteiger partial charge on any atom is -0.388 e. The first kappa shape index (κ1) is 8.48. The van der Waals surface area contributed by atoms with E-state index in [1.165, 1.54) is 0 Å². The molecule has 0 fully saturated rings. The highest BCUT2D eigenvalue weighted by molar-refractivity contribution is 4.87. The molecule has 0 aliphatic heterocycles. The van der Waals surface area contributed by atoms with Gasteiger partial charge >= 0.3 is 0 Å². The monoisotopic (exact) mass is 126 g/mol. The minimum absolute atomic E-state index is 0.300. The summed E-state index contributed by atoms with van der Waals surface area (Å²) in [5.41, 5.74) is 2.83. The molecule has 1 N–H and O–H groups in total. The summed E-state index contributed by atoms with van der Waals surface area (Å²) < 4.78 is 0. The Bertz CT molecular complexity index is 110. The van der Waals surface area contributed by atoms with Gasteiger partial charge in [0.1, 0.15) is 0 Å². The lowest BCUT2D eigenvalue weighted by Gasteiger charge is -1.97. The molecular formula is C8H14O. The topological polar surface area (TPSA) is 20.2 Å². The van der Waals surface area contributed by atoms with E-state index in [1.54, 1.807) is 12.2 Å². The fourth-order valence-electron chi connectivity index (χ4n) is 0.586. The van der Waals surface area contributed by atoms with Crippen molar-refractivity contribution in [3.8, 4) is 0 Å². The second-order valence-corrected chi connectivity index (χ2v) is 1.98. The molecule has 1 atom stereocenters. The zero-order valence-corrected chi connectivity index (χ0v) is 6.09. The van der Waals surface area contributed by atoms with Crippen molar-refractivity contribution < 1.29 is 5.11 Å². The van der Waals surface area contributed by atoms with Crippen molar-refractivity contribution in [3.05, 3.63) is 17.9 Å². The molecule has 0 amide bonds.